The summed E-state index contributed by atoms with van der Waals surface area (Å²) < 4.78 is 1.48. The lowest BCUT2D eigenvalue weighted by Crippen LogP contribution is -2.31. The second kappa shape index (κ2) is 6.98. The number of halogens is 1. The molecule has 0 aliphatic carbocycles. The molecule has 112 valence electrons. The van der Waals surface area contributed by atoms with E-state index >= 15 is 0 Å². The van der Waals surface area contributed by atoms with E-state index in [9.17, 15) is 4.79 Å². The summed E-state index contributed by atoms with van der Waals surface area (Å²) in [6, 6.07) is 1.87. The highest BCUT2D eigenvalue weighted by Gasteiger charge is 2.08. The van der Waals surface area contributed by atoms with Gasteiger partial charge < -0.3 is 10.6 Å². The molecule has 0 saturated carbocycles. The van der Waals surface area contributed by atoms with Gasteiger partial charge in [-0.25, -0.2) is 4.68 Å². The Morgan fingerprint density at radius 2 is 2.19 bits per heavy atom. The van der Waals surface area contributed by atoms with E-state index in [1.54, 1.807) is 18.5 Å². The van der Waals surface area contributed by atoms with Crippen molar-refractivity contribution in [3.8, 4) is 5.95 Å². The Morgan fingerprint density at radius 3 is 2.86 bits per heavy atom. The molecule has 2 aromatic rings. The van der Waals surface area contributed by atoms with Crippen LogP contribution < -0.4 is 10.6 Å². The van der Waals surface area contributed by atoms with E-state index in [4.69, 9.17) is 11.6 Å². The van der Waals surface area contributed by atoms with Crippen molar-refractivity contribution in [1.82, 2.24) is 30.0 Å². The maximum absolute atomic E-state index is 11.5. The molecule has 0 spiro atoms. The molecule has 0 unspecified atom stereocenters. The van der Waals surface area contributed by atoms with Crippen LogP contribution in [0.1, 0.15) is 20.3 Å². The Kier molecular flexibility index (Phi) is 5.04. The highest BCUT2D eigenvalue weighted by atomic mass is 35.5. The summed E-state index contributed by atoms with van der Waals surface area (Å²) in [5.74, 6) is 0.580. The fourth-order valence-corrected chi connectivity index (χ4v) is 1.75. The van der Waals surface area contributed by atoms with Crippen LogP contribution in [-0.2, 0) is 4.79 Å². The average molecular weight is 310 g/mol. The smallest absolute Gasteiger partial charge is 0.256 e. The average Bonchev–Trinajstić information content (AvgIpc) is 2.91. The van der Waals surface area contributed by atoms with Crippen LogP contribution >= 0.6 is 11.6 Å². The first kappa shape index (κ1) is 15.2. The van der Waals surface area contributed by atoms with E-state index < -0.39 is 0 Å². The molecule has 9 heteroatoms. The predicted molar refractivity (Wildman–Crippen MR) is 78.3 cm³/mol. The third kappa shape index (κ3) is 4.67. The molecule has 0 fully saturated rings. The third-order valence-electron chi connectivity index (χ3n) is 2.39. The number of carbonyl (C=O) groups is 1. The zero-order valence-electron chi connectivity index (χ0n) is 11.7. The number of aromatic nitrogens is 5. The van der Waals surface area contributed by atoms with Crippen LogP contribution in [0.3, 0.4) is 0 Å². The minimum Gasteiger partial charge on any atom is -0.354 e. The number of amides is 1. The van der Waals surface area contributed by atoms with Crippen molar-refractivity contribution in [2.75, 3.05) is 11.9 Å². The second-order valence-electron chi connectivity index (χ2n) is 4.58. The van der Waals surface area contributed by atoms with Gasteiger partial charge in [-0.1, -0.05) is 0 Å². The van der Waals surface area contributed by atoms with E-state index in [-0.39, 0.29) is 17.2 Å². The molecule has 0 atom stereocenters. The lowest BCUT2D eigenvalue weighted by Gasteiger charge is -2.09. The van der Waals surface area contributed by atoms with Crippen molar-refractivity contribution >= 4 is 23.5 Å². The summed E-state index contributed by atoms with van der Waals surface area (Å²) >= 11 is 5.85. The van der Waals surface area contributed by atoms with Crippen molar-refractivity contribution in [3.05, 3.63) is 23.7 Å². The van der Waals surface area contributed by atoms with Gasteiger partial charge in [-0.2, -0.15) is 20.1 Å². The van der Waals surface area contributed by atoms with E-state index in [0.717, 1.165) is 0 Å². The maximum atomic E-state index is 11.5. The Labute approximate surface area is 127 Å². The van der Waals surface area contributed by atoms with Gasteiger partial charge in [-0.15, -0.1) is 0 Å². The van der Waals surface area contributed by atoms with Crippen LogP contribution in [0, 0.1) is 0 Å². The number of rotatable bonds is 6. The fourth-order valence-electron chi connectivity index (χ4n) is 1.59. The third-order valence-corrected chi connectivity index (χ3v) is 2.56. The van der Waals surface area contributed by atoms with E-state index in [0.29, 0.717) is 24.9 Å². The van der Waals surface area contributed by atoms with Gasteiger partial charge in [0.05, 0.1) is 0 Å². The molecule has 0 aromatic carbocycles. The number of nitrogens with one attached hydrogen (secondary N) is 2. The van der Waals surface area contributed by atoms with Crippen LogP contribution in [0.5, 0.6) is 0 Å². The van der Waals surface area contributed by atoms with Crippen molar-refractivity contribution < 1.29 is 4.79 Å². The Bertz CT molecular complexity index is 600. The topological polar surface area (TPSA) is 97.6 Å². The minimum absolute atomic E-state index is 0.0371. The minimum atomic E-state index is -0.0371. The summed E-state index contributed by atoms with van der Waals surface area (Å²) in [5.41, 5.74) is 0. The Balaban J connectivity index is 1.96. The molecular weight excluding hydrogens is 294 g/mol. The number of carbonyl (C=O) groups excluding carboxylic acids is 1. The summed E-state index contributed by atoms with van der Waals surface area (Å²) in [4.78, 5) is 23.6. The second-order valence-corrected chi connectivity index (χ2v) is 4.92. The molecule has 0 aliphatic rings. The first-order valence-electron chi connectivity index (χ1n) is 6.49. The molecule has 2 rings (SSSR count). The number of hydrogen-bond acceptors (Lipinski definition) is 6. The van der Waals surface area contributed by atoms with Gasteiger partial charge >= 0.3 is 0 Å². The molecule has 1 amide bonds. The molecule has 21 heavy (non-hydrogen) atoms. The van der Waals surface area contributed by atoms with Crippen molar-refractivity contribution in [2.45, 2.75) is 26.3 Å². The zero-order chi connectivity index (χ0) is 15.2. The molecule has 2 heterocycles. The van der Waals surface area contributed by atoms with Gasteiger partial charge in [-0.05, 0) is 31.5 Å². The number of hydrogen-bond donors (Lipinski definition) is 2. The monoisotopic (exact) mass is 309 g/mol. The summed E-state index contributed by atoms with van der Waals surface area (Å²) in [7, 11) is 0. The SMILES string of the molecule is CC(C)NC(=O)CCNc1nc(Cl)nc(-n2cccn2)n1. The van der Waals surface area contributed by atoms with Crippen LogP contribution in [0.15, 0.2) is 18.5 Å². The molecular formula is C12H16ClN7O. The van der Waals surface area contributed by atoms with E-state index in [1.165, 1.54) is 4.68 Å². The molecule has 0 bridgehead atoms. The van der Waals surface area contributed by atoms with Gasteiger partial charge in [0.15, 0.2) is 0 Å². The van der Waals surface area contributed by atoms with Crippen molar-refractivity contribution in [1.29, 1.82) is 0 Å². The largest absolute Gasteiger partial charge is 0.354 e. The molecule has 0 aliphatic heterocycles. The normalized spacial score (nSPS) is 10.7. The summed E-state index contributed by atoms with van der Waals surface area (Å²) in [5, 5.41) is 9.83. The lowest BCUT2D eigenvalue weighted by molar-refractivity contribution is -0.121. The van der Waals surface area contributed by atoms with E-state index in [1.807, 2.05) is 13.8 Å². The van der Waals surface area contributed by atoms with Gasteiger partial charge in [0.1, 0.15) is 0 Å². The first-order chi connectivity index (χ1) is 10.0. The Hall–Kier alpha value is -2.22. The van der Waals surface area contributed by atoms with Gasteiger partial charge in [-0.3, -0.25) is 4.79 Å². The van der Waals surface area contributed by atoms with Gasteiger partial charge in [0.25, 0.3) is 5.95 Å². The fraction of sp³-hybridized carbons (Fsp3) is 0.417. The molecule has 8 nitrogen and oxygen atoms in total. The van der Waals surface area contributed by atoms with Crippen LogP contribution in [0.4, 0.5) is 5.95 Å². The first-order valence-corrected chi connectivity index (χ1v) is 6.87. The van der Waals surface area contributed by atoms with E-state index in [2.05, 4.69) is 30.7 Å². The summed E-state index contributed by atoms with van der Waals surface area (Å²) in [6.45, 7) is 4.22. The van der Waals surface area contributed by atoms with Crippen LogP contribution in [-0.4, -0.2) is 43.2 Å². The number of nitrogens with zero attached hydrogens (tertiary/aromatic N) is 5. The van der Waals surface area contributed by atoms with Crippen molar-refractivity contribution in [2.24, 2.45) is 0 Å². The van der Waals surface area contributed by atoms with Crippen molar-refractivity contribution in [3.63, 3.8) is 0 Å². The quantitative estimate of drug-likeness (QED) is 0.827. The molecule has 2 aromatic heterocycles. The highest BCUT2D eigenvalue weighted by Crippen LogP contribution is 2.08. The van der Waals surface area contributed by atoms with Gasteiger partial charge in [0.2, 0.25) is 17.1 Å². The summed E-state index contributed by atoms with van der Waals surface area (Å²) in [6.07, 6.45) is 3.63. The zero-order valence-corrected chi connectivity index (χ0v) is 12.5. The standard InChI is InChI=1S/C12H16ClN7O/c1-8(2)16-9(21)4-6-14-11-17-10(13)18-12(19-11)20-7-3-5-15-20/h3,5,7-8H,4,6H2,1-2H3,(H,16,21)(H,14,17,18,19). The predicted octanol–water partition coefficient (Wildman–Crippen LogP) is 1.04. The van der Waals surface area contributed by atoms with Crippen LogP contribution in [0.25, 0.3) is 5.95 Å². The Morgan fingerprint density at radius 1 is 1.38 bits per heavy atom. The number of anilines is 1. The van der Waals surface area contributed by atoms with Crippen LogP contribution in [0.2, 0.25) is 5.28 Å². The maximum Gasteiger partial charge on any atom is 0.256 e. The lowest BCUT2D eigenvalue weighted by atomic mass is 10.3. The van der Waals surface area contributed by atoms with Gasteiger partial charge in [0, 0.05) is 31.4 Å². The molecule has 0 radical (unpaired) electrons. The molecule has 0 saturated heterocycles. The highest BCUT2D eigenvalue weighted by molar-refractivity contribution is 6.28. The molecule has 2 N–H and O–H groups in total.